The van der Waals surface area contributed by atoms with Crippen LogP contribution in [-0.2, 0) is 16.0 Å². The molecule has 2 aromatic rings. The van der Waals surface area contributed by atoms with Crippen LogP contribution in [0.4, 0.5) is 4.79 Å². The minimum absolute atomic E-state index is 0.0945. The Balaban J connectivity index is 1.64. The summed E-state index contributed by atoms with van der Waals surface area (Å²) in [5.41, 5.74) is 1.58. The summed E-state index contributed by atoms with van der Waals surface area (Å²) in [4.78, 5) is 36.0. The Bertz CT molecular complexity index is 873. The first kappa shape index (κ1) is 18.9. The number of rotatable bonds is 6. The Morgan fingerprint density at radius 3 is 2.67 bits per heavy atom. The van der Waals surface area contributed by atoms with Crippen molar-refractivity contribution in [1.82, 2.24) is 15.2 Å². The van der Waals surface area contributed by atoms with Gasteiger partial charge < -0.3 is 15.7 Å². The van der Waals surface area contributed by atoms with E-state index >= 15 is 0 Å². The standard InChI is InChI=1S/C20H25N3O4/c1-3-12(2)17-19(25)21-15(18(24)22-17)9-6-7-13-11-23(20(26)27)16-10-5-4-8-14(13)16/h4-5,8,10-12,15,17H,3,6-7,9H2,1-2H3,(H,21,25)(H,22,24)(H,26,27). The smallest absolute Gasteiger partial charge is 0.416 e. The largest absolute Gasteiger partial charge is 0.464 e. The molecule has 0 aliphatic carbocycles. The summed E-state index contributed by atoms with van der Waals surface area (Å²) in [5, 5.41) is 15.9. The number of hydrogen-bond acceptors (Lipinski definition) is 3. The number of amides is 2. The number of hydrogen-bond donors (Lipinski definition) is 3. The van der Waals surface area contributed by atoms with Crippen LogP contribution in [0.2, 0.25) is 0 Å². The first-order valence-corrected chi connectivity index (χ1v) is 9.35. The molecule has 0 bridgehead atoms. The molecule has 7 nitrogen and oxygen atoms in total. The Morgan fingerprint density at radius 1 is 1.22 bits per heavy atom. The lowest BCUT2D eigenvalue weighted by Gasteiger charge is -2.32. The zero-order valence-corrected chi connectivity index (χ0v) is 15.6. The van der Waals surface area contributed by atoms with E-state index in [9.17, 15) is 19.5 Å². The van der Waals surface area contributed by atoms with Crippen LogP contribution >= 0.6 is 0 Å². The fourth-order valence-electron chi connectivity index (χ4n) is 3.59. The van der Waals surface area contributed by atoms with Crippen molar-refractivity contribution in [2.24, 2.45) is 5.92 Å². The molecule has 144 valence electrons. The van der Waals surface area contributed by atoms with Gasteiger partial charge in [-0.1, -0.05) is 38.5 Å². The van der Waals surface area contributed by atoms with E-state index in [4.69, 9.17) is 0 Å². The predicted octanol–water partition coefficient (Wildman–Crippen LogP) is 2.52. The van der Waals surface area contributed by atoms with Gasteiger partial charge in [-0.3, -0.25) is 14.2 Å². The third-order valence-corrected chi connectivity index (χ3v) is 5.37. The second kappa shape index (κ2) is 7.82. The van der Waals surface area contributed by atoms with Gasteiger partial charge in [0.15, 0.2) is 0 Å². The van der Waals surface area contributed by atoms with Crippen LogP contribution in [0.5, 0.6) is 0 Å². The number of aryl methyl sites for hydroxylation is 1. The van der Waals surface area contributed by atoms with Crippen LogP contribution in [0, 0.1) is 5.92 Å². The maximum absolute atomic E-state index is 12.3. The number of carbonyl (C=O) groups excluding carboxylic acids is 2. The van der Waals surface area contributed by atoms with E-state index in [1.54, 1.807) is 18.3 Å². The summed E-state index contributed by atoms with van der Waals surface area (Å²) in [6.07, 6.45) is 3.24. The molecule has 1 saturated heterocycles. The quantitative estimate of drug-likeness (QED) is 0.726. The van der Waals surface area contributed by atoms with E-state index in [1.165, 1.54) is 4.57 Å². The molecule has 1 aliphatic rings. The van der Waals surface area contributed by atoms with E-state index in [0.29, 0.717) is 24.8 Å². The molecule has 7 heteroatoms. The highest BCUT2D eigenvalue weighted by Crippen LogP contribution is 2.23. The molecule has 3 rings (SSSR count). The summed E-state index contributed by atoms with van der Waals surface area (Å²) >= 11 is 0. The van der Waals surface area contributed by atoms with Gasteiger partial charge in [0.25, 0.3) is 0 Å². The first-order chi connectivity index (χ1) is 12.9. The molecule has 0 radical (unpaired) electrons. The van der Waals surface area contributed by atoms with Crippen LogP contribution in [0.1, 0.15) is 38.7 Å². The number of aromatic nitrogens is 1. The van der Waals surface area contributed by atoms with Crippen molar-refractivity contribution in [2.75, 3.05) is 0 Å². The molecule has 0 saturated carbocycles. The summed E-state index contributed by atoms with van der Waals surface area (Å²) in [5.74, 6) is -0.179. The van der Waals surface area contributed by atoms with Gasteiger partial charge >= 0.3 is 6.09 Å². The third-order valence-electron chi connectivity index (χ3n) is 5.37. The van der Waals surface area contributed by atoms with Crippen LogP contribution in [0.3, 0.4) is 0 Å². The van der Waals surface area contributed by atoms with Crippen molar-refractivity contribution in [2.45, 2.75) is 51.6 Å². The Morgan fingerprint density at radius 2 is 1.96 bits per heavy atom. The van der Waals surface area contributed by atoms with Crippen molar-refractivity contribution in [3.05, 3.63) is 36.0 Å². The molecule has 27 heavy (non-hydrogen) atoms. The Hall–Kier alpha value is -2.83. The first-order valence-electron chi connectivity index (χ1n) is 9.35. The maximum Gasteiger partial charge on any atom is 0.416 e. The molecular formula is C20H25N3O4. The molecule has 1 aromatic carbocycles. The van der Waals surface area contributed by atoms with Crippen molar-refractivity contribution in [1.29, 1.82) is 0 Å². The number of para-hydroxylation sites is 1. The number of carbonyl (C=O) groups is 3. The van der Waals surface area contributed by atoms with E-state index < -0.39 is 18.2 Å². The number of carboxylic acid groups (broad SMARTS) is 1. The third kappa shape index (κ3) is 3.82. The highest BCUT2D eigenvalue weighted by atomic mass is 16.4. The van der Waals surface area contributed by atoms with Gasteiger partial charge in [-0.15, -0.1) is 0 Å². The van der Waals surface area contributed by atoms with Crippen molar-refractivity contribution < 1.29 is 19.5 Å². The van der Waals surface area contributed by atoms with Gasteiger partial charge in [0.05, 0.1) is 5.52 Å². The van der Waals surface area contributed by atoms with Gasteiger partial charge in [-0.25, -0.2) is 4.79 Å². The second-order valence-corrected chi connectivity index (χ2v) is 7.15. The zero-order valence-electron chi connectivity index (χ0n) is 15.6. The van der Waals surface area contributed by atoms with Crippen LogP contribution in [-0.4, -0.2) is 39.7 Å². The van der Waals surface area contributed by atoms with Crippen LogP contribution in [0.25, 0.3) is 10.9 Å². The number of nitrogens with one attached hydrogen (secondary N) is 2. The number of nitrogens with zero attached hydrogens (tertiary/aromatic N) is 1. The van der Waals surface area contributed by atoms with E-state index in [0.717, 1.165) is 17.4 Å². The molecule has 1 fully saturated rings. The van der Waals surface area contributed by atoms with Gasteiger partial charge in [0, 0.05) is 11.6 Å². The molecule has 3 unspecified atom stereocenters. The normalized spacial score (nSPS) is 21.0. The summed E-state index contributed by atoms with van der Waals surface area (Å²) in [7, 11) is 0. The van der Waals surface area contributed by atoms with Crippen molar-refractivity contribution in [3.63, 3.8) is 0 Å². The maximum atomic E-state index is 12.3. The predicted molar refractivity (Wildman–Crippen MR) is 102 cm³/mol. The SMILES string of the molecule is CCC(C)C1NC(=O)C(CCCc2cn(C(=O)O)c3ccccc23)NC1=O. The average molecular weight is 371 g/mol. The summed E-state index contributed by atoms with van der Waals surface area (Å²) in [6, 6.07) is 6.35. The molecule has 1 aromatic heterocycles. The molecule has 2 amide bonds. The lowest BCUT2D eigenvalue weighted by molar-refractivity contribution is -0.138. The fourth-order valence-corrected chi connectivity index (χ4v) is 3.59. The van der Waals surface area contributed by atoms with Gasteiger partial charge in [0.1, 0.15) is 12.1 Å². The molecule has 3 N–H and O–H groups in total. The summed E-state index contributed by atoms with van der Waals surface area (Å²) < 4.78 is 1.22. The van der Waals surface area contributed by atoms with E-state index in [1.807, 2.05) is 26.0 Å². The molecule has 0 spiro atoms. The minimum atomic E-state index is -1.02. The van der Waals surface area contributed by atoms with Gasteiger partial charge in [-0.05, 0) is 36.8 Å². The lowest BCUT2D eigenvalue weighted by atomic mass is 9.94. The second-order valence-electron chi connectivity index (χ2n) is 7.15. The zero-order chi connectivity index (χ0) is 19.6. The highest BCUT2D eigenvalue weighted by molar-refractivity contribution is 5.97. The topological polar surface area (TPSA) is 100 Å². The van der Waals surface area contributed by atoms with E-state index in [-0.39, 0.29) is 17.7 Å². The number of fused-ring (bicyclic) bond motifs is 1. The van der Waals surface area contributed by atoms with Crippen molar-refractivity contribution >= 4 is 28.8 Å². The molecule has 2 heterocycles. The minimum Gasteiger partial charge on any atom is -0.464 e. The molecular weight excluding hydrogens is 346 g/mol. The van der Waals surface area contributed by atoms with Crippen LogP contribution in [0.15, 0.2) is 30.5 Å². The number of benzene rings is 1. The Kier molecular flexibility index (Phi) is 5.48. The highest BCUT2D eigenvalue weighted by Gasteiger charge is 2.35. The Labute approximate surface area is 157 Å². The molecule has 3 atom stereocenters. The van der Waals surface area contributed by atoms with Crippen molar-refractivity contribution in [3.8, 4) is 0 Å². The van der Waals surface area contributed by atoms with Gasteiger partial charge in [-0.2, -0.15) is 0 Å². The summed E-state index contributed by atoms with van der Waals surface area (Å²) in [6.45, 7) is 3.94. The lowest BCUT2D eigenvalue weighted by Crippen LogP contribution is -2.63. The molecule has 1 aliphatic heterocycles. The van der Waals surface area contributed by atoms with Gasteiger partial charge in [0.2, 0.25) is 11.8 Å². The fraction of sp³-hybridized carbons (Fsp3) is 0.450. The van der Waals surface area contributed by atoms with Crippen LogP contribution < -0.4 is 10.6 Å². The average Bonchev–Trinajstić information content (AvgIpc) is 3.03. The van der Waals surface area contributed by atoms with E-state index in [2.05, 4.69) is 10.6 Å². The monoisotopic (exact) mass is 371 g/mol. The number of piperazine rings is 1.